The van der Waals surface area contributed by atoms with Gasteiger partial charge >= 0.3 is 0 Å². The third-order valence-corrected chi connectivity index (χ3v) is 5.48. The largest absolute Gasteiger partial charge is 0.378 e. The van der Waals surface area contributed by atoms with Crippen LogP contribution >= 0.6 is 15.9 Å². The van der Waals surface area contributed by atoms with Crippen LogP contribution in [-0.2, 0) is 4.74 Å². The van der Waals surface area contributed by atoms with Gasteiger partial charge in [0.25, 0.3) is 5.91 Å². The van der Waals surface area contributed by atoms with Gasteiger partial charge in [-0.15, -0.1) is 6.58 Å². The van der Waals surface area contributed by atoms with Gasteiger partial charge in [-0.25, -0.2) is 0 Å². The van der Waals surface area contributed by atoms with Crippen molar-refractivity contribution in [2.75, 3.05) is 32.8 Å². The van der Waals surface area contributed by atoms with Crippen LogP contribution in [-0.4, -0.2) is 49.7 Å². The first kappa shape index (κ1) is 22.1. The number of carbonyl (C=O) groups is 1. The van der Waals surface area contributed by atoms with Gasteiger partial charge in [0.1, 0.15) is 0 Å². The second kappa shape index (κ2) is 13.1. The summed E-state index contributed by atoms with van der Waals surface area (Å²) >= 11 is 3.41. The molecule has 1 N–H and O–H groups in total. The fourth-order valence-electron chi connectivity index (χ4n) is 3.29. The number of benzene rings is 1. The van der Waals surface area contributed by atoms with Crippen molar-refractivity contribution < 1.29 is 9.53 Å². The minimum absolute atomic E-state index is 0.127. The van der Waals surface area contributed by atoms with Crippen molar-refractivity contribution in [1.82, 2.24) is 10.2 Å². The number of unbranched alkanes of at least 4 members (excludes halogenated alkanes) is 3. The zero-order valence-electron chi connectivity index (χ0n) is 16.3. The molecule has 150 valence electrons. The topological polar surface area (TPSA) is 41.6 Å². The molecule has 0 atom stereocenters. The summed E-state index contributed by atoms with van der Waals surface area (Å²) in [5.41, 5.74) is 0.761. The highest BCUT2D eigenvalue weighted by molar-refractivity contribution is 9.10. The van der Waals surface area contributed by atoms with Crippen molar-refractivity contribution in [2.24, 2.45) is 0 Å². The van der Waals surface area contributed by atoms with E-state index in [0.717, 1.165) is 68.5 Å². The zero-order chi connectivity index (χ0) is 19.3. The number of likely N-dealkylation sites (tertiary alicyclic amines) is 1. The van der Waals surface area contributed by atoms with E-state index in [1.165, 1.54) is 19.3 Å². The van der Waals surface area contributed by atoms with Crippen LogP contribution in [0.2, 0.25) is 0 Å². The van der Waals surface area contributed by atoms with E-state index in [2.05, 4.69) is 27.8 Å². The van der Waals surface area contributed by atoms with Gasteiger partial charge in [0, 0.05) is 29.7 Å². The minimum Gasteiger partial charge on any atom is -0.378 e. The van der Waals surface area contributed by atoms with E-state index in [1.54, 1.807) is 0 Å². The van der Waals surface area contributed by atoms with Gasteiger partial charge < -0.3 is 15.0 Å². The Morgan fingerprint density at radius 3 is 2.56 bits per heavy atom. The molecule has 0 bridgehead atoms. The van der Waals surface area contributed by atoms with Crippen LogP contribution in [0.1, 0.15) is 55.3 Å². The van der Waals surface area contributed by atoms with E-state index in [1.807, 2.05) is 35.2 Å². The predicted octanol–water partition coefficient (Wildman–Crippen LogP) is 4.80. The molecule has 1 fully saturated rings. The Morgan fingerprint density at radius 1 is 1.15 bits per heavy atom. The van der Waals surface area contributed by atoms with E-state index in [9.17, 15) is 4.79 Å². The molecule has 4 nitrogen and oxygen atoms in total. The monoisotopic (exact) mass is 436 g/mol. The Bertz CT molecular complexity index is 554. The lowest BCUT2D eigenvalue weighted by molar-refractivity contribution is 0.00719. The summed E-state index contributed by atoms with van der Waals surface area (Å²) in [6.45, 7) is 8.27. The highest BCUT2D eigenvalue weighted by atomic mass is 79.9. The number of piperidine rings is 1. The first-order chi connectivity index (χ1) is 13.2. The molecule has 0 radical (unpaired) electrons. The summed E-state index contributed by atoms with van der Waals surface area (Å²) in [5.74, 6) is 0.127. The number of carbonyl (C=O) groups excluding carboxylic acids is 1. The Balaban J connectivity index is 1.50. The molecule has 1 saturated heterocycles. The summed E-state index contributed by atoms with van der Waals surface area (Å²) in [7, 11) is 0. The van der Waals surface area contributed by atoms with Crippen LogP contribution < -0.4 is 5.32 Å². The number of hydrogen-bond donors (Lipinski definition) is 1. The van der Waals surface area contributed by atoms with E-state index < -0.39 is 0 Å². The molecule has 0 saturated carbocycles. The van der Waals surface area contributed by atoms with Crippen LogP contribution in [0.25, 0.3) is 0 Å². The molecular weight excluding hydrogens is 404 g/mol. The quantitative estimate of drug-likeness (QED) is 0.378. The number of rotatable bonds is 12. The standard InChI is InChI=1S/C22H33BrN2O2/c1-2-3-14-24-15-6-4-5-7-18-27-21-12-16-25(17-13-21)22(26)19-8-10-20(23)11-9-19/h2,8-11,21,24H,1,3-7,12-18H2. The Morgan fingerprint density at radius 2 is 1.85 bits per heavy atom. The molecule has 5 heteroatoms. The number of nitrogens with zero attached hydrogens (tertiary/aromatic N) is 1. The van der Waals surface area contributed by atoms with Gasteiger partial charge in [-0.2, -0.15) is 0 Å². The minimum atomic E-state index is 0.127. The summed E-state index contributed by atoms with van der Waals surface area (Å²) in [6, 6.07) is 7.59. The van der Waals surface area contributed by atoms with Crippen molar-refractivity contribution in [3.8, 4) is 0 Å². The van der Waals surface area contributed by atoms with Crippen LogP contribution in [0.5, 0.6) is 0 Å². The fraction of sp³-hybridized carbons (Fsp3) is 0.591. The van der Waals surface area contributed by atoms with E-state index in [-0.39, 0.29) is 5.91 Å². The maximum absolute atomic E-state index is 12.5. The van der Waals surface area contributed by atoms with E-state index >= 15 is 0 Å². The Hall–Kier alpha value is -1.17. The van der Waals surface area contributed by atoms with Crippen LogP contribution in [0.15, 0.2) is 41.4 Å². The summed E-state index contributed by atoms with van der Waals surface area (Å²) in [4.78, 5) is 14.5. The van der Waals surface area contributed by atoms with E-state index in [0.29, 0.717) is 6.10 Å². The molecule has 0 aromatic heterocycles. The zero-order valence-corrected chi connectivity index (χ0v) is 17.9. The first-order valence-corrected chi connectivity index (χ1v) is 11.0. The Labute approximate surface area is 172 Å². The molecule has 1 aliphatic rings. The second-order valence-electron chi connectivity index (χ2n) is 7.11. The number of halogens is 1. The highest BCUT2D eigenvalue weighted by Gasteiger charge is 2.23. The van der Waals surface area contributed by atoms with Gasteiger partial charge in [0.05, 0.1) is 6.10 Å². The maximum atomic E-state index is 12.5. The first-order valence-electron chi connectivity index (χ1n) is 10.2. The maximum Gasteiger partial charge on any atom is 0.253 e. The van der Waals surface area contributed by atoms with Gasteiger partial charge in [-0.05, 0) is 69.5 Å². The van der Waals surface area contributed by atoms with Crippen LogP contribution in [0.4, 0.5) is 0 Å². The highest BCUT2D eigenvalue weighted by Crippen LogP contribution is 2.18. The molecule has 2 rings (SSSR count). The molecular formula is C22H33BrN2O2. The van der Waals surface area contributed by atoms with Gasteiger partial charge in [0.2, 0.25) is 0 Å². The van der Waals surface area contributed by atoms with Gasteiger partial charge in [-0.1, -0.05) is 34.8 Å². The molecule has 0 unspecified atom stereocenters. The lowest BCUT2D eigenvalue weighted by Crippen LogP contribution is -2.41. The van der Waals surface area contributed by atoms with Gasteiger partial charge in [0.15, 0.2) is 0 Å². The van der Waals surface area contributed by atoms with Gasteiger partial charge in [-0.3, -0.25) is 4.79 Å². The molecule has 0 spiro atoms. The van der Waals surface area contributed by atoms with Crippen molar-refractivity contribution in [2.45, 2.75) is 51.0 Å². The molecule has 1 aromatic rings. The van der Waals surface area contributed by atoms with Crippen LogP contribution in [0.3, 0.4) is 0 Å². The summed E-state index contributed by atoms with van der Waals surface area (Å²) in [5, 5.41) is 3.42. The number of ether oxygens (including phenoxy) is 1. The normalized spacial score (nSPS) is 15.1. The number of nitrogens with one attached hydrogen (secondary N) is 1. The molecule has 1 heterocycles. The SMILES string of the molecule is C=CCCNCCCCCCOC1CCN(C(=O)c2ccc(Br)cc2)CC1. The molecule has 1 amide bonds. The van der Waals surface area contributed by atoms with Crippen LogP contribution in [0, 0.1) is 0 Å². The second-order valence-corrected chi connectivity index (χ2v) is 8.03. The fourth-order valence-corrected chi connectivity index (χ4v) is 3.55. The summed E-state index contributed by atoms with van der Waals surface area (Å²) in [6.07, 6.45) is 10.0. The lowest BCUT2D eigenvalue weighted by atomic mass is 10.1. The number of amides is 1. The summed E-state index contributed by atoms with van der Waals surface area (Å²) < 4.78 is 7.02. The average Bonchev–Trinajstić information content (AvgIpc) is 2.70. The molecule has 1 aromatic carbocycles. The number of hydrogen-bond acceptors (Lipinski definition) is 3. The van der Waals surface area contributed by atoms with Crippen molar-refractivity contribution >= 4 is 21.8 Å². The van der Waals surface area contributed by atoms with Crippen molar-refractivity contribution in [3.63, 3.8) is 0 Å². The molecule has 0 aliphatic carbocycles. The smallest absolute Gasteiger partial charge is 0.253 e. The van der Waals surface area contributed by atoms with E-state index in [4.69, 9.17) is 4.74 Å². The third kappa shape index (κ3) is 8.58. The average molecular weight is 437 g/mol. The Kier molecular flexibility index (Phi) is 10.7. The predicted molar refractivity (Wildman–Crippen MR) is 115 cm³/mol. The van der Waals surface area contributed by atoms with Crippen molar-refractivity contribution in [1.29, 1.82) is 0 Å². The molecule has 1 aliphatic heterocycles. The molecule has 27 heavy (non-hydrogen) atoms. The third-order valence-electron chi connectivity index (χ3n) is 4.95. The van der Waals surface area contributed by atoms with Crippen molar-refractivity contribution in [3.05, 3.63) is 47.0 Å². The lowest BCUT2D eigenvalue weighted by Gasteiger charge is -2.32.